The van der Waals surface area contributed by atoms with Gasteiger partial charge in [0.15, 0.2) is 0 Å². The SMILES string of the molecule is COc1ccc(-c2cn[nH]c2)c2c1CC(F)(F)C2O. The first-order valence-electron chi connectivity index (χ1n) is 5.79. The average molecular weight is 266 g/mol. The number of alkyl halides is 2. The molecule has 1 aliphatic carbocycles. The highest BCUT2D eigenvalue weighted by Crippen LogP contribution is 2.49. The van der Waals surface area contributed by atoms with Crippen LogP contribution in [0.1, 0.15) is 17.2 Å². The molecule has 0 saturated heterocycles. The van der Waals surface area contributed by atoms with Crippen molar-refractivity contribution in [2.75, 3.05) is 7.11 Å². The highest BCUT2D eigenvalue weighted by Gasteiger charge is 2.49. The minimum atomic E-state index is -3.17. The Balaban J connectivity index is 2.24. The number of hydrogen-bond donors (Lipinski definition) is 2. The molecule has 2 N–H and O–H groups in total. The number of aromatic nitrogens is 2. The number of aliphatic hydroxyl groups excluding tert-OH is 1. The summed E-state index contributed by atoms with van der Waals surface area (Å²) in [4.78, 5) is 0. The average Bonchev–Trinajstić information content (AvgIpc) is 2.97. The molecule has 0 bridgehead atoms. The lowest BCUT2D eigenvalue weighted by atomic mass is 9.97. The van der Waals surface area contributed by atoms with E-state index in [4.69, 9.17) is 4.74 Å². The number of halogens is 2. The van der Waals surface area contributed by atoms with Gasteiger partial charge in [0, 0.05) is 29.3 Å². The summed E-state index contributed by atoms with van der Waals surface area (Å²) in [6.07, 6.45) is 0.803. The Morgan fingerprint density at radius 3 is 2.89 bits per heavy atom. The second-order valence-electron chi connectivity index (χ2n) is 4.53. The van der Waals surface area contributed by atoms with Gasteiger partial charge in [-0.3, -0.25) is 5.10 Å². The van der Waals surface area contributed by atoms with Crippen molar-refractivity contribution < 1.29 is 18.6 Å². The van der Waals surface area contributed by atoms with Crippen LogP contribution in [0.5, 0.6) is 5.75 Å². The number of nitrogens with zero attached hydrogens (tertiary/aromatic N) is 1. The Bertz CT molecular complexity index is 611. The Morgan fingerprint density at radius 2 is 2.26 bits per heavy atom. The third-order valence-electron chi connectivity index (χ3n) is 3.43. The summed E-state index contributed by atoms with van der Waals surface area (Å²) in [5, 5.41) is 16.3. The molecule has 3 rings (SSSR count). The largest absolute Gasteiger partial charge is 0.496 e. The summed E-state index contributed by atoms with van der Waals surface area (Å²) in [6, 6.07) is 3.29. The topological polar surface area (TPSA) is 58.1 Å². The van der Waals surface area contributed by atoms with E-state index in [-0.39, 0.29) is 5.56 Å². The molecule has 2 aromatic rings. The fourth-order valence-corrected chi connectivity index (χ4v) is 2.52. The molecule has 0 aliphatic heterocycles. The summed E-state index contributed by atoms with van der Waals surface area (Å²) < 4.78 is 32.6. The van der Waals surface area contributed by atoms with E-state index in [1.807, 2.05) is 0 Å². The van der Waals surface area contributed by atoms with Crippen LogP contribution < -0.4 is 4.74 Å². The van der Waals surface area contributed by atoms with Gasteiger partial charge in [0.2, 0.25) is 0 Å². The van der Waals surface area contributed by atoms with Gasteiger partial charge in [-0.25, -0.2) is 8.78 Å². The van der Waals surface area contributed by atoms with Crippen LogP contribution in [0.4, 0.5) is 8.78 Å². The minimum Gasteiger partial charge on any atom is -0.496 e. The fourth-order valence-electron chi connectivity index (χ4n) is 2.52. The van der Waals surface area contributed by atoms with Gasteiger partial charge in [-0.15, -0.1) is 0 Å². The van der Waals surface area contributed by atoms with Crippen LogP contribution >= 0.6 is 0 Å². The van der Waals surface area contributed by atoms with Gasteiger partial charge in [0.05, 0.1) is 13.3 Å². The van der Waals surface area contributed by atoms with Gasteiger partial charge in [0.1, 0.15) is 11.9 Å². The zero-order chi connectivity index (χ0) is 13.6. The van der Waals surface area contributed by atoms with Crippen molar-refractivity contribution in [3.63, 3.8) is 0 Å². The first-order chi connectivity index (χ1) is 9.04. The number of H-pyrrole nitrogens is 1. The maximum Gasteiger partial charge on any atom is 0.281 e. The van der Waals surface area contributed by atoms with E-state index in [1.54, 1.807) is 18.3 Å². The van der Waals surface area contributed by atoms with Crippen LogP contribution in [-0.2, 0) is 6.42 Å². The molecule has 1 atom stereocenters. The second kappa shape index (κ2) is 4.03. The number of hydrogen-bond acceptors (Lipinski definition) is 3. The second-order valence-corrected chi connectivity index (χ2v) is 4.53. The van der Waals surface area contributed by atoms with E-state index in [0.29, 0.717) is 22.4 Å². The number of ether oxygens (including phenoxy) is 1. The molecule has 6 heteroatoms. The first-order valence-corrected chi connectivity index (χ1v) is 5.79. The van der Waals surface area contributed by atoms with Crippen LogP contribution in [-0.4, -0.2) is 28.3 Å². The molecule has 100 valence electrons. The number of benzene rings is 1. The molecule has 1 unspecified atom stereocenters. The van der Waals surface area contributed by atoms with Gasteiger partial charge in [-0.05, 0) is 11.6 Å². The van der Waals surface area contributed by atoms with E-state index in [0.717, 1.165) is 0 Å². The highest BCUT2D eigenvalue weighted by molar-refractivity contribution is 5.71. The molecule has 0 amide bonds. The molecule has 0 saturated carbocycles. The molecule has 0 radical (unpaired) electrons. The molecule has 1 heterocycles. The van der Waals surface area contributed by atoms with Crippen molar-refractivity contribution in [3.05, 3.63) is 35.7 Å². The highest BCUT2D eigenvalue weighted by atomic mass is 19.3. The summed E-state index contributed by atoms with van der Waals surface area (Å²) in [5.74, 6) is -2.80. The number of aromatic amines is 1. The number of rotatable bonds is 2. The van der Waals surface area contributed by atoms with Crippen molar-refractivity contribution in [1.82, 2.24) is 10.2 Å². The zero-order valence-corrected chi connectivity index (χ0v) is 10.2. The molecule has 1 aromatic heterocycles. The summed E-state index contributed by atoms with van der Waals surface area (Å²) in [7, 11) is 1.43. The quantitative estimate of drug-likeness (QED) is 0.877. The minimum absolute atomic E-state index is 0.228. The van der Waals surface area contributed by atoms with Gasteiger partial charge >= 0.3 is 0 Å². The predicted molar refractivity (Wildman–Crippen MR) is 64.2 cm³/mol. The lowest BCUT2D eigenvalue weighted by Gasteiger charge is -2.15. The van der Waals surface area contributed by atoms with E-state index >= 15 is 0 Å². The maximum atomic E-state index is 13.7. The van der Waals surface area contributed by atoms with Crippen LogP contribution in [0.15, 0.2) is 24.5 Å². The van der Waals surface area contributed by atoms with Crippen molar-refractivity contribution in [2.45, 2.75) is 18.4 Å². The first kappa shape index (κ1) is 12.1. The monoisotopic (exact) mass is 266 g/mol. The molecular formula is C13H12F2N2O2. The molecule has 1 aromatic carbocycles. The smallest absolute Gasteiger partial charge is 0.281 e. The van der Waals surface area contributed by atoms with E-state index in [2.05, 4.69) is 10.2 Å². The van der Waals surface area contributed by atoms with E-state index < -0.39 is 18.4 Å². The lowest BCUT2D eigenvalue weighted by molar-refractivity contribution is -0.0967. The van der Waals surface area contributed by atoms with E-state index in [1.165, 1.54) is 13.3 Å². The molecular weight excluding hydrogens is 254 g/mol. The number of nitrogens with one attached hydrogen (secondary N) is 1. The van der Waals surface area contributed by atoms with Crippen LogP contribution in [0.3, 0.4) is 0 Å². The molecule has 0 fully saturated rings. The summed E-state index contributed by atoms with van der Waals surface area (Å²) >= 11 is 0. The summed E-state index contributed by atoms with van der Waals surface area (Å²) in [5.41, 5.74) is 1.80. The van der Waals surface area contributed by atoms with Gasteiger partial charge in [-0.2, -0.15) is 5.10 Å². The lowest BCUT2D eigenvalue weighted by Crippen LogP contribution is -2.21. The third-order valence-corrected chi connectivity index (χ3v) is 3.43. The van der Waals surface area contributed by atoms with Gasteiger partial charge < -0.3 is 9.84 Å². The summed E-state index contributed by atoms with van der Waals surface area (Å²) in [6.45, 7) is 0. The van der Waals surface area contributed by atoms with Crippen LogP contribution in [0.25, 0.3) is 11.1 Å². The normalized spacial score (nSPS) is 20.3. The Morgan fingerprint density at radius 1 is 1.47 bits per heavy atom. The van der Waals surface area contributed by atoms with Crippen LogP contribution in [0.2, 0.25) is 0 Å². The zero-order valence-electron chi connectivity index (χ0n) is 10.2. The maximum absolute atomic E-state index is 13.7. The standard InChI is InChI=1S/C13H12F2N2O2/c1-19-10-3-2-8(7-5-16-17-6-7)11-9(10)4-13(14,15)12(11)18/h2-3,5-6,12,18H,4H2,1H3,(H,16,17). The molecule has 19 heavy (non-hydrogen) atoms. The van der Waals surface area contributed by atoms with Gasteiger partial charge in [0.25, 0.3) is 5.92 Å². The third kappa shape index (κ3) is 1.71. The van der Waals surface area contributed by atoms with E-state index in [9.17, 15) is 13.9 Å². The van der Waals surface area contributed by atoms with Crippen LogP contribution in [0, 0.1) is 0 Å². The number of methoxy groups -OCH3 is 1. The Labute approximate surface area is 108 Å². The number of aliphatic hydroxyl groups is 1. The van der Waals surface area contributed by atoms with Crippen molar-refractivity contribution >= 4 is 0 Å². The predicted octanol–water partition coefficient (Wildman–Crippen LogP) is 2.31. The fraction of sp³-hybridized carbons (Fsp3) is 0.308. The Hall–Kier alpha value is -1.95. The molecule has 4 nitrogen and oxygen atoms in total. The Kier molecular flexibility index (Phi) is 2.56. The number of fused-ring (bicyclic) bond motifs is 1. The van der Waals surface area contributed by atoms with Crippen molar-refractivity contribution in [3.8, 4) is 16.9 Å². The van der Waals surface area contributed by atoms with Crippen molar-refractivity contribution in [2.24, 2.45) is 0 Å². The molecule has 1 aliphatic rings. The van der Waals surface area contributed by atoms with Crippen molar-refractivity contribution in [1.29, 1.82) is 0 Å². The molecule has 0 spiro atoms. The van der Waals surface area contributed by atoms with Gasteiger partial charge in [-0.1, -0.05) is 6.07 Å².